The summed E-state index contributed by atoms with van der Waals surface area (Å²) in [6, 6.07) is 7.98. The van der Waals surface area contributed by atoms with Crippen LogP contribution >= 0.6 is 55.1 Å². The van der Waals surface area contributed by atoms with Gasteiger partial charge in [-0.3, -0.25) is 0 Å². The van der Waals surface area contributed by atoms with Gasteiger partial charge >= 0.3 is 0 Å². The van der Waals surface area contributed by atoms with Gasteiger partial charge in [0.15, 0.2) is 0 Å². The van der Waals surface area contributed by atoms with E-state index >= 15 is 0 Å². The van der Waals surface area contributed by atoms with Crippen LogP contribution in [0.5, 0.6) is 5.75 Å². The molecule has 0 amide bonds. The predicted octanol–water partition coefficient (Wildman–Crippen LogP) is 6.24. The molecule has 2 rings (SSSR count). The summed E-state index contributed by atoms with van der Waals surface area (Å²) >= 11 is 18.4. The van der Waals surface area contributed by atoms with E-state index in [1.54, 1.807) is 24.3 Å². The molecule has 0 fully saturated rings. The molecule has 0 bridgehead atoms. The van der Waals surface area contributed by atoms with Crippen molar-refractivity contribution in [3.05, 3.63) is 60.7 Å². The quantitative estimate of drug-likeness (QED) is 0.526. The van der Waals surface area contributed by atoms with Gasteiger partial charge in [-0.2, -0.15) is 0 Å². The highest BCUT2D eigenvalue weighted by atomic mass is 79.9. The molecule has 0 saturated heterocycles. The number of hydrogen-bond donors (Lipinski definition) is 0. The summed E-state index contributed by atoms with van der Waals surface area (Å²) < 4.78 is 19.8. The molecule has 0 aromatic heterocycles. The lowest BCUT2D eigenvalue weighted by Crippen LogP contribution is -1.97. The zero-order valence-electron chi connectivity index (χ0n) is 9.39. The van der Waals surface area contributed by atoms with Crippen LogP contribution in [-0.4, -0.2) is 0 Å². The third-order valence-corrected chi connectivity index (χ3v) is 4.45. The van der Waals surface area contributed by atoms with E-state index in [0.29, 0.717) is 24.7 Å². The van der Waals surface area contributed by atoms with Crippen LogP contribution in [0.15, 0.2) is 39.3 Å². The van der Waals surface area contributed by atoms with Crippen LogP contribution in [0.4, 0.5) is 4.39 Å². The first-order valence-electron chi connectivity index (χ1n) is 5.18. The molecule has 6 heteroatoms. The van der Waals surface area contributed by atoms with Crippen molar-refractivity contribution in [3.63, 3.8) is 0 Å². The molecule has 0 saturated carbocycles. The van der Waals surface area contributed by atoms with Crippen molar-refractivity contribution in [3.8, 4) is 5.75 Å². The van der Waals surface area contributed by atoms with Crippen molar-refractivity contribution in [2.45, 2.75) is 6.61 Å². The number of halogens is 5. The van der Waals surface area contributed by atoms with E-state index in [4.69, 9.17) is 27.9 Å². The van der Waals surface area contributed by atoms with E-state index in [9.17, 15) is 4.39 Å². The van der Waals surface area contributed by atoms with Crippen LogP contribution in [0.2, 0.25) is 10.0 Å². The van der Waals surface area contributed by atoms with Gasteiger partial charge in [0.1, 0.15) is 18.2 Å². The number of ether oxygens (including phenoxy) is 1. The molecular weight excluding hydrogens is 422 g/mol. The van der Waals surface area contributed by atoms with E-state index in [2.05, 4.69) is 31.9 Å². The highest BCUT2D eigenvalue weighted by Gasteiger charge is 2.08. The maximum Gasteiger partial charge on any atom is 0.139 e. The van der Waals surface area contributed by atoms with Crippen LogP contribution < -0.4 is 4.74 Å². The summed E-state index contributed by atoms with van der Waals surface area (Å²) in [7, 11) is 0. The first-order chi connectivity index (χ1) is 8.97. The molecule has 19 heavy (non-hydrogen) atoms. The smallest absolute Gasteiger partial charge is 0.139 e. The maximum atomic E-state index is 13.1. The third kappa shape index (κ3) is 3.85. The van der Waals surface area contributed by atoms with Gasteiger partial charge in [0.25, 0.3) is 0 Å². The summed E-state index contributed by atoms with van der Waals surface area (Å²) in [5, 5.41) is 0.970. The van der Waals surface area contributed by atoms with Gasteiger partial charge in [0.05, 0.1) is 14.5 Å². The van der Waals surface area contributed by atoms with Crippen LogP contribution in [0.25, 0.3) is 0 Å². The van der Waals surface area contributed by atoms with Gasteiger partial charge in [-0.1, -0.05) is 29.3 Å². The van der Waals surface area contributed by atoms with E-state index in [1.807, 2.05) is 0 Å². The molecule has 1 nitrogen and oxygen atoms in total. The summed E-state index contributed by atoms with van der Waals surface area (Å²) in [5.41, 5.74) is 0.823. The van der Waals surface area contributed by atoms with Crippen LogP contribution in [-0.2, 0) is 6.61 Å². The minimum Gasteiger partial charge on any atom is -0.487 e. The van der Waals surface area contributed by atoms with E-state index in [0.717, 1.165) is 5.56 Å². The Hall–Kier alpha value is -0.290. The molecule has 100 valence electrons. The van der Waals surface area contributed by atoms with Gasteiger partial charge in [0.2, 0.25) is 0 Å². The molecular formula is C13H7Br2Cl2FO. The summed E-state index contributed by atoms with van der Waals surface area (Å²) in [4.78, 5) is 0. The van der Waals surface area contributed by atoms with Crippen LogP contribution in [0, 0.1) is 5.82 Å². The highest BCUT2D eigenvalue weighted by Crippen LogP contribution is 2.34. The average Bonchev–Trinajstić information content (AvgIpc) is 2.36. The average molecular weight is 429 g/mol. The standard InChI is InChI=1S/C13H7Br2Cl2FO/c14-8-4-11(17)13(5-10(8)16)19-6-7-1-2-12(18)9(15)3-7/h1-5H,6H2. The van der Waals surface area contributed by atoms with Gasteiger partial charge in [-0.05, 0) is 55.6 Å². The molecule has 2 aromatic carbocycles. The van der Waals surface area contributed by atoms with E-state index < -0.39 is 0 Å². The molecule has 0 spiro atoms. The normalized spacial score (nSPS) is 10.6. The Kier molecular flexibility index (Phi) is 5.12. The molecule has 0 radical (unpaired) electrons. The fourth-order valence-corrected chi connectivity index (χ4v) is 2.68. The van der Waals surface area contributed by atoms with Crippen LogP contribution in [0.1, 0.15) is 5.56 Å². The summed E-state index contributed by atoms with van der Waals surface area (Å²) in [6.45, 7) is 0.274. The largest absolute Gasteiger partial charge is 0.487 e. The first kappa shape index (κ1) is 15.1. The zero-order valence-corrected chi connectivity index (χ0v) is 14.1. The van der Waals surface area contributed by atoms with Gasteiger partial charge in [-0.15, -0.1) is 0 Å². The molecule has 0 N–H and O–H groups in total. The minimum absolute atomic E-state index is 0.274. The Labute approximate surface area is 136 Å². The van der Waals surface area contributed by atoms with Crippen molar-refractivity contribution in [1.82, 2.24) is 0 Å². The Morgan fingerprint density at radius 2 is 1.74 bits per heavy atom. The molecule has 0 heterocycles. The lowest BCUT2D eigenvalue weighted by Gasteiger charge is -2.10. The van der Waals surface area contributed by atoms with Crippen molar-refractivity contribution < 1.29 is 9.13 Å². The lowest BCUT2D eigenvalue weighted by atomic mass is 10.2. The molecule has 0 aliphatic rings. The summed E-state index contributed by atoms with van der Waals surface area (Å²) in [6.07, 6.45) is 0. The monoisotopic (exact) mass is 426 g/mol. The van der Waals surface area contributed by atoms with Gasteiger partial charge in [0, 0.05) is 10.5 Å². The molecule has 0 atom stereocenters. The molecule has 2 aromatic rings. The second-order valence-corrected chi connectivity index (χ2v) is 6.26. The first-order valence-corrected chi connectivity index (χ1v) is 7.53. The Morgan fingerprint density at radius 3 is 2.42 bits per heavy atom. The maximum absolute atomic E-state index is 13.1. The second-order valence-electron chi connectivity index (χ2n) is 3.73. The fourth-order valence-electron chi connectivity index (χ4n) is 1.41. The molecule has 0 aliphatic heterocycles. The number of rotatable bonds is 3. The number of hydrogen-bond acceptors (Lipinski definition) is 1. The van der Waals surface area contributed by atoms with E-state index in [1.165, 1.54) is 6.07 Å². The van der Waals surface area contributed by atoms with Gasteiger partial charge in [-0.25, -0.2) is 4.39 Å². The van der Waals surface area contributed by atoms with Crippen molar-refractivity contribution >= 4 is 55.1 Å². The molecule has 0 aliphatic carbocycles. The fraction of sp³-hybridized carbons (Fsp3) is 0.0769. The van der Waals surface area contributed by atoms with Crippen molar-refractivity contribution in [2.24, 2.45) is 0 Å². The number of benzene rings is 2. The summed E-state index contributed by atoms with van der Waals surface area (Å²) in [5.74, 6) is 0.170. The van der Waals surface area contributed by atoms with Crippen molar-refractivity contribution in [1.29, 1.82) is 0 Å². The van der Waals surface area contributed by atoms with Gasteiger partial charge < -0.3 is 4.74 Å². The Bertz CT molecular complexity index is 620. The van der Waals surface area contributed by atoms with Crippen LogP contribution in [0.3, 0.4) is 0 Å². The third-order valence-electron chi connectivity index (χ3n) is 2.35. The Morgan fingerprint density at radius 1 is 1.00 bits per heavy atom. The lowest BCUT2D eigenvalue weighted by molar-refractivity contribution is 0.306. The predicted molar refractivity (Wildman–Crippen MR) is 82.6 cm³/mol. The topological polar surface area (TPSA) is 9.23 Å². The van der Waals surface area contributed by atoms with Crippen molar-refractivity contribution in [2.75, 3.05) is 0 Å². The van der Waals surface area contributed by atoms with E-state index in [-0.39, 0.29) is 12.4 Å². The minimum atomic E-state index is -0.312. The molecule has 0 unspecified atom stereocenters. The zero-order chi connectivity index (χ0) is 14.0. The second kappa shape index (κ2) is 6.44. The Balaban J connectivity index is 2.14. The highest BCUT2D eigenvalue weighted by molar-refractivity contribution is 9.10. The SMILES string of the molecule is Fc1ccc(COc2cc(Cl)c(Br)cc2Cl)cc1Br.